The maximum atomic E-state index is 12.0. The Balaban J connectivity index is 2.13. The first-order chi connectivity index (χ1) is 11.5. The van der Waals surface area contributed by atoms with Crippen molar-refractivity contribution in [3.63, 3.8) is 0 Å². The molecular formula is C16H13BrCl2N2O3. The maximum absolute atomic E-state index is 12.0. The number of hydrazone groups is 1. The lowest BCUT2D eigenvalue weighted by Gasteiger charge is -2.09. The van der Waals surface area contributed by atoms with Crippen LogP contribution in [0.25, 0.3) is 0 Å². The van der Waals surface area contributed by atoms with Crippen molar-refractivity contribution in [3.8, 4) is 11.5 Å². The average Bonchev–Trinajstić information content (AvgIpc) is 2.58. The molecule has 0 spiro atoms. The van der Waals surface area contributed by atoms with Crippen molar-refractivity contribution in [3.05, 3.63) is 56.0 Å². The maximum Gasteiger partial charge on any atom is 0.271 e. The molecule has 8 heteroatoms. The second-order valence-electron chi connectivity index (χ2n) is 4.56. The summed E-state index contributed by atoms with van der Waals surface area (Å²) in [5, 5.41) is 4.62. The molecule has 0 aliphatic carbocycles. The van der Waals surface area contributed by atoms with Gasteiger partial charge in [0, 0.05) is 15.6 Å². The van der Waals surface area contributed by atoms with Crippen molar-refractivity contribution in [1.29, 1.82) is 0 Å². The molecule has 0 saturated carbocycles. The first kappa shape index (κ1) is 18.6. The van der Waals surface area contributed by atoms with Crippen LogP contribution in [-0.4, -0.2) is 26.3 Å². The van der Waals surface area contributed by atoms with Crippen LogP contribution in [0, 0.1) is 0 Å². The molecule has 0 atom stereocenters. The summed E-state index contributed by atoms with van der Waals surface area (Å²) >= 11 is 15.1. The molecule has 5 nitrogen and oxygen atoms in total. The predicted molar refractivity (Wildman–Crippen MR) is 98.8 cm³/mol. The molecular weight excluding hydrogens is 419 g/mol. The highest BCUT2D eigenvalue weighted by atomic mass is 79.9. The second-order valence-corrected chi connectivity index (χ2v) is 6.23. The molecule has 1 N–H and O–H groups in total. The largest absolute Gasteiger partial charge is 0.493 e. The number of nitrogens with one attached hydrogen (secondary N) is 1. The van der Waals surface area contributed by atoms with Crippen LogP contribution in [0.5, 0.6) is 11.5 Å². The van der Waals surface area contributed by atoms with E-state index >= 15 is 0 Å². The van der Waals surface area contributed by atoms with Gasteiger partial charge in [-0.2, -0.15) is 5.10 Å². The fraction of sp³-hybridized carbons (Fsp3) is 0.125. The highest BCUT2D eigenvalue weighted by Gasteiger charge is 2.09. The molecule has 24 heavy (non-hydrogen) atoms. The highest BCUT2D eigenvalue weighted by molar-refractivity contribution is 9.10. The fourth-order valence-electron chi connectivity index (χ4n) is 1.83. The lowest BCUT2D eigenvalue weighted by molar-refractivity contribution is 0.0955. The number of carbonyl (C=O) groups excluding carboxylic acids is 1. The number of rotatable bonds is 5. The number of hydrogen-bond donors (Lipinski definition) is 1. The summed E-state index contributed by atoms with van der Waals surface area (Å²) in [7, 11) is 3.09. The Morgan fingerprint density at radius 3 is 2.42 bits per heavy atom. The molecule has 0 fully saturated rings. The van der Waals surface area contributed by atoms with Crippen LogP contribution < -0.4 is 14.9 Å². The average molecular weight is 432 g/mol. The SMILES string of the molecule is COc1cc(Br)c(/C=N/NC(=O)c2ccc(Cl)c(Cl)c2)cc1OC. The summed E-state index contributed by atoms with van der Waals surface area (Å²) in [5.74, 6) is 0.737. The van der Waals surface area contributed by atoms with Gasteiger partial charge >= 0.3 is 0 Å². The van der Waals surface area contributed by atoms with Gasteiger partial charge in [-0.15, -0.1) is 0 Å². The summed E-state index contributed by atoms with van der Waals surface area (Å²) < 4.78 is 11.2. The number of ether oxygens (including phenoxy) is 2. The van der Waals surface area contributed by atoms with Crippen molar-refractivity contribution in [2.75, 3.05) is 14.2 Å². The molecule has 2 aromatic carbocycles. The van der Waals surface area contributed by atoms with Gasteiger partial charge < -0.3 is 9.47 Å². The zero-order valence-electron chi connectivity index (χ0n) is 12.8. The third-order valence-corrected chi connectivity index (χ3v) is 4.48. The van der Waals surface area contributed by atoms with Crippen LogP contribution in [0.15, 0.2) is 39.9 Å². The summed E-state index contributed by atoms with van der Waals surface area (Å²) in [4.78, 5) is 12.0. The standard InChI is InChI=1S/C16H13BrCl2N2O3/c1-23-14-6-10(11(17)7-15(14)24-2)8-20-21-16(22)9-3-4-12(18)13(19)5-9/h3-8H,1-2H3,(H,21,22)/b20-8+. The Morgan fingerprint density at radius 1 is 1.12 bits per heavy atom. The van der Waals surface area contributed by atoms with E-state index in [1.54, 1.807) is 38.5 Å². The molecule has 0 aromatic heterocycles. The van der Waals surface area contributed by atoms with Crippen LogP contribution in [0.3, 0.4) is 0 Å². The van der Waals surface area contributed by atoms with Crippen molar-refractivity contribution in [2.24, 2.45) is 5.10 Å². The monoisotopic (exact) mass is 430 g/mol. The molecule has 126 valence electrons. The lowest BCUT2D eigenvalue weighted by Crippen LogP contribution is -2.17. The number of carbonyl (C=O) groups is 1. The number of benzene rings is 2. The first-order valence-electron chi connectivity index (χ1n) is 6.66. The molecule has 0 unspecified atom stereocenters. The van der Waals surface area contributed by atoms with Crippen LogP contribution in [-0.2, 0) is 0 Å². The topological polar surface area (TPSA) is 59.9 Å². The van der Waals surface area contributed by atoms with Crippen LogP contribution in [0.2, 0.25) is 10.0 Å². The minimum atomic E-state index is -0.401. The molecule has 0 aliphatic heterocycles. The number of nitrogens with zero attached hydrogens (tertiary/aromatic N) is 1. The van der Waals surface area contributed by atoms with E-state index in [4.69, 9.17) is 32.7 Å². The molecule has 0 heterocycles. The highest BCUT2D eigenvalue weighted by Crippen LogP contribution is 2.32. The summed E-state index contributed by atoms with van der Waals surface area (Å²) in [6.45, 7) is 0. The van der Waals surface area contributed by atoms with E-state index in [1.807, 2.05) is 0 Å². The molecule has 2 rings (SSSR count). The van der Waals surface area contributed by atoms with E-state index < -0.39 is 5.91 Å². The minimum absolute atomic E-state index is 0.302. The Morgan fingerprint density at radius 2 is 1.79 bits per heavy atom. The molecule has 1 amide bonds. The van der Waals surface area contributed by atoms with E-state index in [0.717, 1.165) is 4.47 Å². The first-order valence-corrected chi connectivity index (χ1v) is 8.21. The van der Waals surface area contributed by atoms with E-state index in [2.05, 4.69) is 26.5 Å². The number of amides is 1. The van der Waals surface area contributed by atoms with Crippen LogP contribution in [0.1, 0.15) is 15.9 Å². The fourth-order valence-corrected chi connectivity index (χ4v) is 2.55. The molecule has 0 bridgehead atoms. The van der Waals surface area contributed by atoms with Gasteiger partial charge in [-0.1, -0.05) is 23.2 Å². The smallest absolute Gasteiger partial charge is 0.271 e. The molecule has 2 aromatic rings. The van der Waals surface area contributed by atoms with E-state index in [9.17, 15) is 4.79 Å². The van der Waals surface area contributed by atoms with Gasteiger partial charge in [0.05, 0.1) is 30.5 Å². The Labute approximate surface area is 157 Å². The normalized spacial score (nSPS) is 10.7. The number of methoxy groups -OCH3 is 2. The number of hydrogen-bond acceptors (Lipinski definition) is 4. The van der Waals surface area contributed by atoms with Gasteiger partial charge in [0.25, 0.3) is 5.91 Å². The van der Waals surface area contributed by atoms with Gasteiger partial charge in [0.15, 0.2) is 11.5 Å². The number of halogens is 3. The third-order valence-electron chi connectivity index (χ3n) is 3.05. The predicted octanol–water partition coefficient (Wildman–Crippen LogP) is 4.54. The van der Waals surface area contributed by atoms with Gasteiger partial charge in [0.1, 0.15) is 0 Å². The zero-order valence-corrected chi connectivity index (χ0v) is 15.9. The summed E-state index contributed by atoms with van der Waals surface area (Å²) in [6.07, 6.45) is 1.49. The van der Waals surface area contributed by atoms with E-state index in [1.165, 1.54) is 12.3 Å². The second kappa shape index (κ2) is 8.37. The van der Waals surface area contributed by atoms with Crippen molar-refractivity contribution in [1.82, 2.24) is 5.43 Å². The molecule has 0 aliphatic rings. The van der Waals surface area contributed by atoms with Crippen LogP contribution >= 0.6 is 39.1 Å². The van der Waals surface area contributed by atoms with Gasteiger partial charge in [-0.25, -0.2) is 5.43 Å². The Kier molecular flexibility index (Phi) is 6.48. The van der Waals surface area contributed by atoms with Gasteiger partial charge in [-0.3, -0.25) is 4.79 Å². The molecule has 0 radical (unpaired) electrons. The zero-order chi connectivity index (χ0) is 17.7. The van der Waals surface area contributed by atoms with Crippen molar-refractivity contribution >= 4 is 51.3 Å². The minimum Gasteiger partial charge on any atom is -0.493 e. The van der Waals surface area contributed by atoms with Gasteiger partial charge in [0.2, 0.25) is 0 Å². The van der Waals surface area contributed by atoms with Gasteiger partial charge in [-0.05, 0) is 46.3 Å². The van der Waals surface area contributed by atoms with Crippen molar-refractivity contribution in [2.45, 2.75) is 0 Å². The summed E-state index contributed by atoms with van der Waals surface area (Å²) in [6, 6.07) is 8.07. The van der Waals surface area contributed by atoms with E-state index in [-0.39, 0.29) is 0 Å². The quantitative estimate of drug-likeness (QED) is 0.558. The Bertz CT molecular complexity index is 797. The lowest BCUT2D eigenvalue weighted by atomic mass is 10.2. The molecule has 0 saturated heterocycles. The third kappa shape index (κ3) is 4.41. The summed E-state index contributed by atoms with van der Waals surface area (Å²) in [5.41, 5.74) is 3.49. The van der Waals surface area contributed by atoms with Crippen molar-refractivity contribution < 1.29 is 14.3 Å². The Hall–Kier alpha value is -1.76. The van der Waals surface area contributed by atoms with E-state index in [0.29, 0.717) is 32.7 Å². The van der Waals surface area contributed by atoms with Crippen LogP contribution in [0.4, 0.5) is 0 Å².